The molecule has 2 heteroatoms. The number of allylic oxidation sites excluding steroid dienone is 1. The van der Waals surface area contributed by atoms with Crippen molar-refractivity contribution >= 4 is 3.90 Å². The molecule has 1 nitrogen and oxygen atoms in total. The van der Waals surface area contributed by atoms with E-state index in [4.69, 9.17) is 11.7 Å². The van der Waals surface area contributed by atoms with Gasteiger partial charge in [0.25, 0.3) is 0 Å². The summed E-state index contributed by atoms with van der Waals surface area (Å²) in [6.07, 6.45) is 3.31. The molecule has 0 bridgehead atoms. The van der Waals surface area contributed by atoms with Crippen LogP contribution in [0.5, 0.6) is 0 Å². The van der Waals surface area contributed by atoms with Gasteiger partial charge in [0.2, 0.25) is 0 Å². The Balaban J connectivity index is -0.000000249. The molecular weight excluding hydrogens is 320 g/mol. The molecule has 0 amide bonds. The van der Waals surface area contributed by atoms with Gasteiger partial charge in [-0.1, -0.05) is 21.3 Å². The Morgan fingerprint density at radius 2 is 1.92 bits per heavy atom. The Hall–Kier alpha value is -0.00169. The van der Waals surface area contributed by atoms with Gasteiger partial charge in [-0.3, -0.25) is 0 Å². The summed E-state index contributed by atoms with van der Waals surface area (Å²) in [5.74, 6) is 0. The van der Waals surface area contributed by atoms with Gasteiger partial charge in [0, 0.05) is 0 Å². The van der Waals surface area contributed by atoms with Crippen LogP contribution < -0.4 is 0 Å². The second-order valence-corrected chi connectivity index (χ2v) is 3.97. The topological polar surface area (TPSA) is 20.2 Å². The molecule has 0 aliphatic rings. The van der Waals surface area contributed by atoms with Crippen LogP contribution in [-0.4, -0.2) is 15.6 Å². The predicted octanol–water partition coefficient (Wildman–Crippen LogP) is 2.30. The number of hydrogen-bond donors (Lipinski definition) is 1. The standard InChI is InChI=1S/C7H9O.C2H6.CH4.W/c1-3-5-7(4-2)6-8;1-2;;/h2,4-5,8H,6H2,1H3;1-2H3;1H4;/q-1;;;. The molecule has 0 aromatic heterocycles. The van der Waals surface area contributed by atoms with Gasteiger partial charge >= 0.3 is 66.2 Å². The van der Waals surface area contributed by atoms with Crippen molar-refractivity contribution < 1.29 is 24.5 Å². The van der Waals surface area contributed by atoms with Gasteiger partial charge < -0.3 is 0 Å². The van der Waals surface area contributed by atoms with Gasteiger partial charge in [-0.2, -0.15) is 0 Å². The molecule has 0 heterocycles. The summed E-state index contributed by atoms with van der Waals surface area (Å²) in [5, 5.41) is 8.59. The average Bonchev–Trinajstić information content (AvgIpc) is 2.03. The van der Waals surface area contributed by atoms with E-state index in [0.29, 0.717) is 0 Å². The van der Waals surface area contributed by atoms with E-state index in [9.17, 15) is 0 Å². The monoisotopic (exact) mass is 339 g/mol. The Morgan fingerprint density at radius 3 is 2.00 bits per heavy atom. The molecule has 0 fully saturated rings. The summed E-state index contributed by atoms with van der Waals surface area (Å²) in [7, 11) is 0. The second kappa shape index (κ2) is 13.6. The molecule has 0 atom stereocenters. The van der Waals surface area contributed by atoms with Gasteiger partial charge in [0.05, 0.1) is 0 Å². The third-order valence-electron chi connectivity index (χ3n) is 0.785. The zero-order valence-corrected chi connectivity index (χ0v) is 10.2. The minimum absolute atomic E-state index is 0. The van der Waals surface area contributed by atoms with E-state index in [0.717, 1.165) is 5.57 Å². The van der Waals surface area contributed by atoms with E-state index >= 15 is 0 Å². The molecule has 72 valence electrons. The first kappa shape index (κ1) is 17.9. The van der Waals surface area contributed by atoms with E-state index < -0.39 is 0 Å². The summed E-state index contributed by atoms with van der Waals surface area (Å²) in [5.41, 5.74) is 0.780. The van der Waals surface area contributed by atoms with Crippen molar-refractivity contribution in [1.29, 1.82) is 0 Å². The molecular formula is C10H19OW-. The number of hydrogen-bond acceptors (Lipinski definition) is 1. The van der Waals surface area contributed by atoms with Crippen LogP contribution in [0, 0.1) is 6.58 Å². The van der Waals surface area contributed by atoms with Gasteiger partial charge in [0.1, 0.15) is 0 Å². The van der Waals surface area contributed by atoms with Gasteiger partial charge in [-0.25, -0.2) is 0 Å². The summed E-state index contributed by atoms with van der Waals surface area (Å²) in [4.78, 5) is 0. The van der Waals surface area contributed by atoms with Gasteiger partial charge in [0.15, 0.2) is 0 Å². The van der Waals surface area contributed by atoms with Crippen LogP contribution in [0.4, 0.5) is 0 Å². The van der Waals surface area contributed by atoms with Crippen LogP contribution >= 0.6 is 0 Å². The fourth-order valence-corrected chi connectivity index (χ4v) is 0.951. The molecule has 0 aromatic rings. The van der Waals surface area contributed by atoms with Crippen LogP contribution in [0.3, 0.4) is 0 Å². The van der Waals surface area contributed by atoms with Crippen LogP contribution in [0.1, 0.15) is 28.2 Å². The third-order valence-corrected chi connectivity index (χ3v) is 1.21. The SMILES string of the molecule is C.CC.[CH-]=CC(=C[C](C)=[W])CO. The average molecular weight is 339 g/mol. The summed E-state index contributed by atoms with van der Waals surface area (Å²) in [6.45, 7) is 11.2. The van der Waals surface area contributed by atoms with Crippen molar-refractivity contribution in [2.24, 2.45) is 0 Å². The summed E-state index contributed by atoms with van der Waals surface area (Å²) < 4.78 is 1.22. The van der Waals surface area contributed by atoms with Crippen molar-refractivity contribution in [2.45, 2.75) is 28.2 Å². The molecule has 0 aliphatic heterocycles. The fraction of sp³-hybridized carbons (Fsp3) is 0.500. The molecule has 0 saturated heterocycles. The first-order chi connectivity index (χ1) is 5.20. The molecule has 1 N–H and O–H groups in total. The first-order valence-electron chi connectivity index (χ1n) is 3.57. The second-order valence-electron chi connectivity index (χ2n) is 1.65. The molecule has 0 radical (unpaired) electrons. The van der Waals surface area contributed by atoms with Crippen molar-refractivity contribution in [3.63, 3.8) is 0 Å². The van der Waals surface area contributed by atoms with Crippen molar-refractivity contribution in [1.82, 2.24) is 0 Å². The molecule has 0 aromatic carbocycles. The Bertz CT molecular complexity index is 148. The molecule has 12 heavy (non-hydrogen) atoms. The van der Waals surface area contributed by atoms with Gasteiger partial charge in [-0.05, 0) is 0 Å². The van der Waals surface area contributed by atoms with E-state index in [1.54, 1.807) is 0 Å². The molecule has 0 spiro atoms. The zero-order chi connectivity index (χ0) is 9.28. The molecule has 0 aliphatic carbocycles. The molecule has 0 rings (SSSR count). The van der Waals surface area contributed by atoms with E-state index in [-0.39, 0.29) is 14.0 Å². The Labute approximate surface area is 87.6 Å². The Kier molecular flexibility index (Phi) is 20.3. The predicted molar refractivity (Wildman–Crippen MR) is 52.8 cm³/mol. The Morgan fingerprint density at radius 1 is 1.50 bits per heavy atom. The normalized spacial score (nSPS) is 8.83. The third kappa shape index (κ3) is 12.7. The number of aliphatic hydroxyl groups excluding tert-OH is 1. The maximum absolute atomic E-state index is 8.59. The molecule has 0 saturated carbocycles. The van der Waals surface area contributed by atoms with E-state index in [1.807, 2.05) is 26.8 Å². The van der Waals surface area contributed by atoms with Crippen molar-refractivity contribution in [3.8, 4) is 0 Å². The fourth-order valence-electron chi connectivity index (χ4n) is 0.408. The van der Waals surface area contributed by atoms with Crippen LogP contribution in [-0.2, 0) is 19.4 Å². The quantitative estimate of drug-likeness (QED) is 0.618. The van der Waals surface area contributed by atoms with Crippen molar-refractivity contribution in [2.75, 3.05) is 6.61 Å². The van der Waals surface area contributed by atoms with Crippen LogP contribution in [0.25, 0.3) is 0 Å². The van der Waals surface area contributed by atoms with Crippen LogP contribution in [0.15, 0.2) is 17.7 Å². The number of rotatable bonds is 3. The summed E-state index contributed by atoms with van der Waals surface area (Å²) >= 11 is 1.40. The van der Waals surface area contributed by atoms with E-state index in [1.165, 1.54) is 29.3 Å². The van der Waals surface area contributed by atoms with Gasteiger partial charge in [-0.15, -0.1) is 0 Å². The molecule has 0 unspecified atom stereocenters. The van der Waals surface area contributed by atoms with E-state index in [2.05, 4.69) is 0 Å². The summed E-state index contributed by atoms with van der Waals surface area (Å²) in [6, 6.07) is 0. The first-order valence-corrected chi connectivity index (χ1v) is 5.04. The maximum atomic E-state index is 8.59. The number of aliphatic hydroxyl groups is 1. The minimum atomic E-state index is 0. The van der Waals surface area contributed by atoms with Crippen molar-refractivity contribution in [3.05, 3.63) is 24.3 Å². The zero-order valence-electron chi connectivity index (χ0n) is 7.29. The van der Waals surface area contributed by atoms with Crippen LogP contribution in [0.2, 0.25) is 0 Å².